The summed E-state index contributed by atoms with van der Waals surface area (Å²) >= 11 is 0. The third kappa shape index (κ3) is 17.4. The van der Waals surface area contributed by atoms with Crippen LogP contribution in [0, 0.1) is 0 Å². The number of allylic oxidation sites excluding steroid dienone is 3. The molecule has 1 aliphatic heterocycles. The fourth-order valence-corrected chi connectivity index (χ4v) is 4.22. The van der Waals surface area contributed by atoms with Gasteiger partial charge in [-0.3, -0.25) is 5.32 Å². The van der Waals surface area contributed by atoms with Gasteiger partial charge in [0.1, 0.15) is 0 Å². The van der Waals surface area contributed by atoms with Gasteiger partial charge in [-0.15, -0.1) is 0 Å². The van der Waals surface area contributed by atoms with Gasteiger partial charge in [-0.25, -0.2) is 0 Å². The van der Waals surface area contributed by atoms with E-state index in [1.54, 1.807) is 0 Å². The van der Waals surface area contributed by atoms with E-state index in [1.165, 1.54) is 147 Å². The highest BCUT2D eigenvalue weighted by molar-refractivity contribution is 5.19. The van der Waals surface area contributed by atoms with Crippen molar-refractivity contribution in [3.63, 3.8) is 0 Å². The summed E-state index contributed by atoms with van der Waals surface area (Å²) < 4.78 is 0. The first kappa shape index (κ1) is 25.3. The third-order valence-electron chi connectivity index (χ3n) is 6.15. The Bertz CT molecular complexity index is 368. The second kappa shape index (κ2) is 21.0. The Labute approximate surface area is 177 Å². The molecule has 0 saturated heterocycles. The minimum atomic E-state index is 1.17. The summed E-state index contributed by atoms with van der Waals surface area (Å²) in [6, 6.07) is 0. The highest BCUT2D eigenvalue weighted by Crippen LogP contribution is 2.16. The molecule has 0 atom stereocenters. The molecule has 0 aromatic carbocycles. The minimum Gasteiger partial charge on any atom is -0.261 e. The summed E-state index contributed by atoms with van der Waals surface area (Å²) in [4.78, 5) is 0. The molecule has 1 aliphatic rings. The molecule has 1 heteroatoms. The van der Waals surface area contributed by atoms with E-state index in [0.717, 1.165) is 0 Å². The summed E-state index contributed by atoms with van der Waals surface area (Å²) in [7, 11) is 0. The summed E-state index contributed by atoms with van der Waals surface area (Å²) in [6.07, 6.45) is 37.8. The van der Waals surface area contributed by atoms with Gasteiger partial charge >= 0.3 is 0 Å². The molecule has 0 fully saturated rings. The van der Waals surface area contributed by atoms with Crippen molar-refractivity contribution in [1.82, 2.24) is 5.32 Å². The molecular weight excluding hydrogens is 338 g/mol. The fraction of sp³-hybridized carbons (Fsp3) is 0.852. The Kier molecular flexibility index (Phi) is 19.0. The first-order valence-corrected chi connectivity index (χ1v) is 13.0. The number of hydrogen-bond donors (Lipinski definition) is 0. The molecule has 1 heterocycles. The highest BCUT2D eigenvalue weighted by atomic mass is 14.9. The smallest absolute Gasteiger partial charge is 0.0404 e. The Morgan fingerprint density at radius 2 is 0.857 bits per heavy atom. The van der Waals surface area contributed by atoms with E-state index in [1.807, 2.05) is 12.3 Å². The lowest BCUT2D eigenvalue weighted by molar-refractivity contribution is 0.520. The van der Waals surface area contributed by atoms with Crippen molar-refractivity contribution >= 4 is 0 Å². The molecule has 0 spiro atoms. The van der Waals surface area contributed by atoms with Gasteiger partial charge in [0.25, 0.3) is 0 Å². The zero-order valence-corrected chi connectivity index (χ0v) is 19.2. The minimum absolute atomic E-state index is 1.17. The lowest BCUT2D eigenvalue weighted by atomic mass is 10.0. The van der Waals surface area contributed by atoms with Crippen molar-refractivity contribution in [2.75, 3.05) is 0 Å². The molecule has 28 heavy (non-hydrogen) atoms. The Morgan fingerprint density at radius 1 is 0.500 bits per heavy atom. The van der Waals surface area contributed by atoms with Crippen molar-refractivity contribution in [2.45, 2.75) is 148 Å². The van der Waals surface area contributed by atoms with Gasteiger partial charge in [0.15, 0.2) is 0 Å². The molecule has 0 aromatic heterocycles. The maximum atomic E-state index is 4.34. The van der Waals surface area contributed by atoms with Gasteiger partial charge in [-0.1, -0.05) is 135 Å². The summed E-state index contributed by atoms with van der Waals surface area (Å²) in [5.74, 6) is 0. The van der Waals surface area contributed by atoms with Crippen molar-refractivity contribution in [3.8, 4) is 0 Å². The van der Waals surface area contributed by atoms with Crippen LogP contribution in [0.2, 0.25) is 0 Å². The molecule has 0 unspecified atom stereocenters. The SMILES string of the molecule is CCCCCCCCCCCCCCCCCCCCCCCC1=CC=C[N]1. The molecule has 0 aromatic rings. The molecule has 0 saturated carbocycles. The Balaban J connectivity index is 1.63. The van der Waals surface area contributed by atoms with Crippen molar-refractivity contribution in [1.29, 1.82) is 0 Å². The average Bonchev–Trinajstić information content (AvgIpc) is 3.22. The van der Waals surface area contributed by atoms with Crippen LogP contribution >= 0.6 is 0 Å². The largest absolute Gasteiger partial charge is 0.261 e. The number of rotatable bonds is 22. The monoisotopic (exact) mass is 388 g/mol. The Morgan fingerprint density at radius 3 is 1.18 bits per heavy atom. The standard InChI is InChI=1S/C27H50N/c1-2-3-4-5-6-7-8-9-10-11-12-13-14-15-16-17-18-19-20-21-22-24-27-25-23-26-28-27/h23,25-26H,2-22,24H2,1H3. The third-order valence-corrected chi connectivity index (χ3v) is 6.15. The Hall–Kier alpha value is -0.720. The summed E-state index contributed by atoms with van der Waals surface area (Å²) in [5.41, 5.74) is 1.28. The second-order valence-electron chi connectivity index (χ2n) is 8.95. The van der Waals surface area contributed by atoms with Gasteiger partial charge in [0, 0.05) is 11.9 Å². The lowest BCUT2D eigenvalue weighted by Gasteiger charge is -2.04. The highest BCUT2D eigenvalue weighted by Gasteiger charge is 2.00. The molecular formula is C27H50N. The maximum absolute atomic E-state index is 4.34. The van der Waals surface area contributed by atoms with Crippen molar-refractivity contribution < 1.29 is 0 Å². The first-order chi connectivity index (χ1) is 13.9. The average molecular weight is 389 g/mol. The molecule has 0 aliphatic carbocycles. The van der Waals surface area contributed by atoms with E-state index >= 15 is 0 Å². The zero-order valence-electron chi connectivity index (χ0n) is 19.2. The van der Waals surface area contributed by atoms with Gasteiger partial charge < -0.3 is 0 Å². The van der Waals surface area contributed by atoms with Gasteiger partial charge in [0.2, 0.25) is 0 Å². The van der Waals surface area contributed by atoms with Crippen LogP contribution in [0.5, 0.6) is 0 Å². The number of unbranched alkanes of at least 4 members (excludes halogenated alkanes) is 20. The fourth-order valence-electron chi connectivity index (χ4n) is 4.22. The van der Waals surface area contributed by atoms with Gasteiger partial charge in [0.05, 0.1) is 0 Å². The summed E-state index contributed by atoms with van der Waals surface area (Å²) in [6.45, 7) is 2.30. The first-order valence-electron chi connectivity index (χ1n) is 13.0. The molecule has 0 amide bonds. The van der Waals surface area contributed by atoms with E-state index in [0.29, 0.717) is 0 Å². The van der Waals surface area contributed by atoms with Crippen LogP contribution in [0.1, 0.15) is 148 Å². The molecule has 1 radical (unpaired) electrons. The van der Waals surface area contributed by atoms with Crippen LogP contribution in [0.3, 0.4) is 0 Å². The van der Waals surface area contributed by atoms with Crippen LogP contribution in [0.4, 0.5) is 0 Å². The topological polar surface area (TPSA) is 14.1 Å². The summed E-state index contributed by atoms with van der Waals surface area (Å²) in [5, 5.41) is 4.34. The normalized spacial score (nSPS) is 13.1. The van der Waals surface area contributed by atoms with Crippen LogP contribution in [0.25, 0.3) is 0 Å². The van der Waals surface area contributed by atoms with E-state index in [9.17, 15) is 0 Å². The lowest BCUT2D eigenvalue weighted by Crippen LogP contribution is -1.92. The molecule has 1 nitrogen and oxygen atoms in total. The van der Waals surface area contributed by atoms with E-state index in [-0.39, 0.29) is 0 Å². The quantitative estimate of drug-likeness (QED) is 0.164. The van der Waals surface area contributed by atoms with E-state index in [4.69, 9.17) is 0 Å². The second-order valence-corrected chi connectivity index (χ2v) is 8.95. The predicted octanol–water partition coefficient (Wildman–Crippen LogP) is 9.60. The predicted molar refractivity (Wildman–Crippen MR) is 127 cm³/mol. The van der Waals surface area contributed by atoms with Gasteiger partial charge in [-0.05, 0) is 25.0 Å². The zero-order chi connectivity index (χ0) is 20.0. The number of nitrogens with zero attached hydrogens (tertiary/aromatic N) is 1. The molecule has 1 rings (SSSR count). The number of hydrogen-bond acceptors (Lipinski definition) is 0. The van der Waals surface area contributed by atoms with Crippen LogP contribution in [-0.4, -0.2) is 0 Å². The molecule has 0 N–H and O–H groups in total. The van der Waals surface area contributed by atoms with Crippen LogP contribution in [-0.2, 0) is 0 Å². The van der Waals surface area contributed by atoms with Gasteiger partial charge in [-0.2, -0.15) is 0 Å². The maximum Gasteiger partial charge on any atom is 0.0404 e. The van der Waals surface area contributed by atoms with E-state index < -0.39 is 0 Å². The van der Waals surface area contributed by atoms with Crippen LogP contribution < -0.4 is 5.32 Å². The molecule has 163 valence electrons. The van der Waals surface area contributed by atoms with Crippen molar-refractivity contribution in [2.24, 2.45) is 0 Å². The molecule has 0 bridgehead atoms. The van der Waals surface area contributed by atoms with Crippen LogP contribution in [0.15, 0.2) is 24.0 Å². The van der Waals surface area contributed by atoms with E-state index in [2.05, 4.69) is 18.3 Å². The van der Waals surface area contributed by atoms with Crippen molar-refractivity contribution in [3.05, 3.63) is 24.0 Å².